The van der Waals surface area contributed by atoms with Crippen LogP contribution < -0.4 is 4.90 Å². The molecule has 6 heteroatoms. The number of hydrogen-bond acceptors (Lipinski definition) is 4. The average molecular weight is 448 g/mol. The summed E-state index contributed by atoms with van der Waals surface area (Å²) in [7, 11) is -4.26. The van der Waals surface area contributed by atoms with Crippen molar-refractivity contribution in [3.63, 3.8) is 0 Å². The molecule has 3 rings (SSSR count). The zero-order valence-corrected chi connectivity index (χ0v) is 20.1. The van der Waals surface area contributed by atoms with Crippen molar-refractivity contribution in [2.24, 2.45) is 0 Å². The summed E-state index contributed by atoms with van der Waals surface area (Å²) in [5.41, 5.74) is 5.54. The first kappa shape index (κ1) is 23.2. The summed E-state index contributed by atoms with van der Waals surface area (Å²) >= 11 is 1.75. The molecule has 0 aliphatic carbocycles. The van der Waals surface area contributed by atoms with E-state index in [-0.39, 0.29) is 0 Å². The predicted octanol–water partition coefficient (Wildman–Crippen LogP) is 6.77. The molecule has 1 aliphatic heterocycles. The fourth-order valence-corrected chi connectivity index (χ4v) is 6.61. The van der Waals surface area contributed by atoms with Gasteiger partial charge in [0.05, 0.1) is 11.4 Å². The van der Waals surface area contributed by atoms with E-state index >= 15 is 0 Å². The average Bonchev–Trinajstić information content (AvgIpc) is 2.68. The van der Waals surface area contributed by atoms with Gasteiger partial charge in [-0.2, -0.15) is 8.42 Å². The number of benzene rings is 2. The molecule has 0 saturated heterocycles. The minimum Gasteiger partial charge on any atom is -0.319 e. The highest BCUT2D eigenvalue weighted by Gasteiger charge is 2.37. The monoisotopic (exact) mass is 447 g/mol. The van der Waals surface area contributed by atoms with Gasteiger partial charge < -0.3 is 4.90 Å². The quantitative estimate of drug-likeness (QED) is 0.430. The van der Waals surface area contributed by atoms with Crippen molar-refractivity contribution < 1.29 is 13.0 Å². The molecule has 0 saturated carbocycles. The number of fused-ring (bicyclic) bond motifs is 2. The predicted molar refractivity (Wildman–Crippen MR) is 127 cm³/mol. The Hall–Kier alpha value is -1.50. The minimum atomic E-state index is -4.26. The van der Waals surface area contributed by atoms with E-state index in [1.807, 2.05) is 24.0 Å². The summed E-state index contributed by atoms with van der Waals surface area (Å²) in [6.07, 6.45) is 6.20. The van der Waals surface area contributed by atoms with E-state index in [1.165, 1.54) is 16.7 Å². The molecule has 4 nitrogen and oxygen atoms in total. The van der Waals surface area contributed by atoms with Gasteiger partial charge in [0.25, 0.3) is 10.1 Å². The first-order valence-corrected chi connectivity index (χ1v) is 13.4. The van der Waals surface area contributed by atoms with E-state index in [1.54, 1.807) is 11.8 Å². The Balaban J connectivity index is 2.32. The topological polar surface area (TPSA) is 57.6 Å². The van der Waals surface area contributed by atoms with Gasteiger partial charge in [0.2, 0.25) is 0 Å². The first-order chi connectivity index (χ1) is 14.3. The third-order valence-corrected chi connectivity index (χ3v) is 8.00. The van der Waals surface area contributed by atoms with Crippen molar-refractivity contribution in [3.8, 4) is 0 Å². The molecule has 2 aromatic rings. The van der Waals surface area contributed by atoms with Crippen molar-refractivity contribution in [3.05, 3.63) is 47.0 Å². The molecule has 2 aromatic carbocycles. The summed E-state index contributed by atoms with van der Waals surface area (Å²) in [5.74, 6) is 0. The van der Waals surface area contributed by atoms with Crippen LogP contribution in [0.2, 0.25) is 0 Å². The fourth-order valence-electron chi connectivity index (χ4n) is 4.37. The Kier molecular flexibility index (Phi) is 7.53. The highest BCUT2D eigenvalue weighted by molar-refractivity contribution is 7.99. The molecule has 1 atom stereocenters. The summed E-state index contributed by atoms with van der Waals surface area (Å²) in [6.45, 7) is 8.30. The third-order valence-electron chi connectivity index (χ3n) is 5.56. The smallest absolute Gasteiger partial charge is 0.286 e. The van der Waals surface area contributed by atoms with Gasteiger partial charge in [-0.25, -0.2) is 0 Å². The van der Waals surface area contributed by atoms with Gasteiger partial charge in [-0.05, 0) is 54.5 Å². The largest absolute Gasteiger partial charge is 0.319 e. The highest BCUT2D eigenvalue weighted by Crippen LogP contribution is 2.53. The molecule has 0 aromatic heterocycles. The van der Waals surface area contributed by atoms with Gasteiger partial charge >= 0.3 is 0 Å². The molecule has 0 spiro atoms. The van der Waals surface area contributed by atoms with Gasteiger partial charge in [-0.15, -0.1) is 0 Å². The van der Waals surface area contributed by atoms with Crippen LogP contribution in [-0.2, 0) is 29.4 Å². The Morgan fingerprint density at radius 3 is 2.23 bits per heavy atom. The molecule has 0 amide bonds. The molecule has 1 N–H and O–H groups in total. The van der Waals surface area contributed by atoms with E-state index in [9.17, 15) is 13.0 Å². The van der Waals surface area contributed by atoms with E-state index in [4.69, 9.17) is 0 Å². The first-order valence-electron chi connectivity index (χ1n) is 11.1. The standard InChI is InChI=1S/C24H33NO3S2/c1-5-10-17-15-19(12-7-3)23-21(16-17)29-24-18(11-6-2)13-9-14-20(24)25(23)22(8-4)30(26,27)28/h9,13-16,22H,5-8,10-12H2,1-4H3,(H,26,27,28). The molecule has 30 heavy (non-hydrogen) atoms. The maximum absolute atomic E-state index is 12.4. The van der Waals surface area contributed by atoms with Gasteiger partial charge in [0, 0.05) is 9.79 Å². The number of nitrogens with zero attached hydrogens (tertiary/aromatic N) is 1. The van der Waals surface area contributed by atoms with Crippen LogP contribution in [0.3, 0.4) is 0 Å². The van der Waals surface area contributed by atoms with Crippen LogP contribution in [-0.4, -0.2) is 18.3 Å². The number of anilines is 2. The second-order valence-corrected chi connectivity index (χ2v) is 10.6. The molecule has 1 unspecified atom stereocenters. The van der Waals surface area contributed by atoms with Crippen LogP contribution >= 0.6 is 11.8 Å². The highest BCUT2D eigenvalue weighted by atomic mass is 32.2. The van der Waals surface area contributed by atoms with Crippen LogP contribution in [0.15, 0.2) is 40.1 Å². The Morgan fingerprint density at radius 1 is 0.967 bits per heavy atom. The lowest BCUT2D eigenvalue weighted by Gasteiger charge is -2.39. The maximum Gasteiger partial charge on any atom is 0.286 e. The second kappa shape index (κ2) is 9.75. The minimum absolute atomic E-state index is 0.308. The molecular weight excluding hydrogens is 414 g/mol. The lowest BCUT2D eigenvalue weighted by Crippen LogP contribution is -2.39. The van der Waals surface area contributed by atoms with Crippen LogP contribution in [0.4, 0.5) is 11.4 Å². The second-order valence-electron chi connectivity index (χ2n) is 7.97. The van der Waals surface area contributed by atoms with E-state index in [0.717, 1.165) is 59.7 Å². The zero-order valence-electron chi connectivity index (χ0n) is 18.4. The molecule has 0 bridgehead atoms. The number of hydrogen-bond donors (Lipinski definition) is 1. The Labute approximate surface area is 185 Å². The van der Waals surface area contributed by atoms with E-state index in [0.29, 0.717) is 6.42 Å². The van der Waals surface area contributed by atoms with Crippen LogP contribution in [0.1, 0.15) is 70.1 Å². The van der Waals surface area contributed by atoms with Crippen LogP contribution in [0, 0.1) is 0 Å². The normalized spacial score (nSPS) is 14.4. The third kappa shape index (κ3) is 4.56. The molecule has 1 heterocycles. The summed E-state index contributed by atoms with van der Waals surface area (Å²) in [6, 6.07) is 10.6. The van der Waals surface area contributed by atoms with E-state index in [2.05, 4.69) is 39.0 Å². The molecular formula is C24H33NO3S2. The SMILES string of the molecule is CCCc1cc(CCC)c2c(c1)Sc1c(CCC)cccc1N2C(CC)S(=O)(=O)O. The summed E-state index contributed by atoms with van der Waals surface area (Å²) < 4.78 is 35.0. The number of rotatable bonds is 9. The van der Waals surface area contributed by atoms with Crippen molar-refractivity contribution >= 4 is 33.3 Å². The Morgan fingerprint density at radius 2 is 1.63 bits per heavy atom. The maximum atomic E-state index is 12.4. The van der Waals surface area contributed by atoms with Gasteiger partial charge in [-0.3, -0.25) is 4.55 Å². The lowest BCUT2D eigenvalue weighted by atomic mass is 9.99. The van der Waals surface area contributed by atoms with E-state index < -0.39 is 15.5 Å². The van der Waals surface area contributed by atoms with Crippen molar-refractivity contribution in [2.45, 2.75) is 87.8 Å². The molecule has 0 fully saturated rings. The summed E-state index contributed by atoms with van der Waals surface area (Å²) in [4.78, 5) is 4.11. The molecule has 164 valence electrons. The van der Waals surface area contributed by atoms with Crippen molar-refractivity contribution in [2.75, 3.05) is 4.90 Å². The van der Waals surface area contributed by atoms with Gasteiger partial charge in [0.1, 0.15) is 0 Å². The zero-order chi connectivity index (χ0) is 21.9. The Bertz CT molecular complexity index is 1000. The molecule has 1 aliphatic rings. The van der Waals surface area contributed by atoms with Crippen LogP contribution in [0.25, 0.3) is 0 Å². The van der Waals surface area contributed by atoms with Gasteiger partial charge in [0.15, 0.2) is 5.37 Å². The summed E-state index contributed by atoms with van der Waals surface area (Å²) in [5, 5.41) is -1.000. The number of aryl methyl sites for hydroxylation is 3. The van der Waals surface area contributed by atoms with Gasteiger partial charge in [-0.1, -0.05) is 76.9 Å². The van der Waals surface area contributed by atoms with Crippen LogP contribution in [0.5, 0.6) is 0 Å². The fraction of sp³-hybridized carbons (Fsp3) is 0.500. The molecule has 0 radical (unpaired) electrons. The lowest BCUT2D eigenvalue weighted by molar-refractivity contribution is 0.464. The van der Waals surface area contributed by atoms with Crippen molar-refractivity contribution in [1.29, 1.82) is 0 Å². The van der Waals surface area contributed by atoms with Crippen molar-refractivity contribution in [1.82, 2.24) is 0 Å².